The molecule has 0 aromatic heterocycles. The van der Waals surface area contributed by atoms with Crippen molar-refractivity contribution in [3.8, 4) is 5.75 Å². The van der Waals surface area contributed by atoms with Crippen LogP contribution in [0.15, 0.2) is 48.6 Å². The maximum Gasteiger partial charge on any atom is 0.264 e. The third-order valence-electron chi connectivity index (χ3n) is 10.3. The number of halogens is 1. The molecule has 0 saturated heterocycles. The van der Waals surface area contributed by atoms with Gasteiger partial charge in [0.15, 0.2) is 0 Å². The number of amides is 1. The van der Waals surface area contributed by atoms with E-state index in [2.05, 4.69) is 21.8 Å². The molecule has 2 bridgehead atoms. The fourth-order valence-corrected chi connectivity index (χ4v) is 9.83. The fraction of sp³-hybridized carbons (Fsp3) is 0.571. The van der Waals surface area contributed by atoms with Crippen LogP contribution in [-0.2, 0) is 21.9 Å². The molecule has 2 heterocycles. The molecule has 2 aromatic rings. The molecule has 44 heavy (non-hydrogen) atoms. The van der Waals surface area contributed by atoms with E-state index in [1.54, 1.807) is 18.2 Å². The van der Waals surface area contributed by atoms with E-state index in [4.69, 9.17) is 16.3 Å². The van der Waals surface area contributed by atoms with E-state index in [9.17, 15) is 18.3 Å². The molecule has 2 N–H and O–H groups in total. The van der Waals surface area contributed by atoms with Crippen molar-refractivity contribution in [3.63, 3.8) is 0 Å². The van der Waals surface area contributed by atoms with Gasteiger partial charge in [-0.15, -0.1) is 0 Å². The van der Waals surface area contributed by atoms with E-state index >= 15 is 0 Å². The number of aryl methyl sites for hydroxylation is 1. The summed E-state index contributed by atoms with van der Waals surface area (Å²) in [6, 6.07) is 11.4. The topological polar surface area (TPSA) is 95.9 Å². The third kappa shape index (κ3) is 6.27. The number of anilines is 1. The lowest BCUT2D eigenvalue weighted by atomic mass is 9.68. The first-order chi connectivity index (χ1) is 20.9. The summed E-state index contributed by atoms with van der Waals surface area (Å²) in [5, 5.41) is 11.3. The second kappa shape index (κ2) is 12.3. The Kier molecular flexibility index (Phi) is 8.81. The predicted molar refractivity (Wildman–Crippen MR) is 175 cm³/mol. The lowest BCUT2D eigenvalue weighted by Gasteiger charge is -2.45. The Labute approximate surface area is 267 Å². The number of hydrogen-bond acceptors (Lipinski definition) is 6. The van der Waals surface area contributed by atoms with Gasteiger partial charge in [0.1, 0.15) is 5.75 Å². The lowest BCUT2D eigenvalue weighted by Crippen LogP contribution is -2.49. The van der Waals surface area contributed by atoms with Gasteiger partial charge in [0, 0.05) is 29.1 Å². The second-order valence-corrected chi connectivity index (χ2v) is 16.5. The van der Waals surface area contributed by atoms with Crippen LogP contribution in [-0.4, -0.2) is 50.5 Å². The monoisotopic (exact) mass is 640 g/mol. The summed E-state index contributed by atoms with van der Waals surface area (Å²) in [5.41, 5.74) is 3.34. The van der Waals surface area contributed by atoms with Gasteiger partial charge < -0.3 is 14.7 Å². The van der Waals surface area contributed by atoms with Gasteiger partial charge in [0.2, 0.25) is 10.0 Å². The summed E-state index contributed by atoms with van der Waals surface area (Å²) >= 11 is 6.40. The van der Waals surface area contributed by atoms with Crippen LogP contribution in [0.4, 0.5) is 5.69 Å². The number of nitrogens with zero attached hydrogens (tertiary/aromatic N) is 1. The van der Waals surface area contributed by atoms with Gasteiger partial charge in [-0.2, -0.15) is 0 Å². The fourth-order valence-electron chi connectivity index (χ4n) is 7.90. The average Bonchev–Trinajstić information content (AvgIpc) is 3.10. The molecule has 4 aliphatic rings. The van der Waals surface area contributed by atoms with Crippen molar-refractivity contribution >= 4 is 33.2 Å². The van der Waals surface area contributed by atoms with Crippen molar-refractivity contribution in [1.82, 2.24) is 4.72 Å². The highest BCUT2D eigenvalue weighted by atomic mass is 35.5. The smallest absolute Gasteiger partial charge is 0.264 e. The predicted octanol–water partition coefficient (Wildman–Crippen LogP) is 6.27. The molecule has 0 radical (unpaired) electrons. The molecule has 6 rings (SSSR count). The standard InChI is InChI=1S/C35H45ClN2O5S/c1-22(2)15-28-16-23(3)6-12-32(39)29-10-7-26(29)19-38-20-35(14-4-5-24-17-27(36)9-11-30(24)35)21-43-33-13-8-25(18-31(33)38)34(40)37-44(28,41)42/h6,8-9,11-13,17-18,22-23,26,28-29,32,39H,4-5,7,10,14-16,19-21H2,1-3H3,(H,37,40)/b12-6+/t23-,26-,28+,29+,32-,35-/m0/s1. The number of carbonyl (C=O) groups is 1. The van der Waals surface area contributed by atoms with Crippen molar-refractivity contribution in [2.24, 2.45) is 23.7 Å². The molecule has 1 fully saturated rings. The summed E-state index contributed by atoms with van der Waals surface area (Å²) in [6.45, 7) is 7.87. The van der Waals surface area contributed by atoms with Gasteiger partial charge in [-0.05, 0) is 110 Å². The Morgan fingerprint density at radius 2 is 1.98 bits per heavy atom. The Hall–Kier alpha value is -2.55. The quantitative estimate of drug-likeness (QED) is 0.376. The summed E-state index contributed by atoms with van der Waals surface area (Å²) < 4.78 is 36.2. The maximum atomic E-state index is 13.6. The zero-order valence-corrected chi connectivity index (χ0v) is 27.5. The number of nitrogens with one attached hydrogen (secondary N) is 1. The highest BCUT2D eigenvalue weighted by Crippen LogP contribution is 2.46. The van der Waals surface area contributed by atoms with Crippen molar-refractivity contribution in [2.45, 2.75) is 82.5 Å². The van der Waals surface area contributed by atoms with Crippen molar-refractivity contribution in [2.75, 3.05) is 24.6 Å². The minimum absolute atomic E-state index is 0.0696. The molecular formula is C35H45ClN2O5S. The van der Waals surface area contributed by atoms with Crippen LogP contribution in [0, 0.1) is 23.7 Å². The first-order valence-electron chi connectivity index (χ1n) is 16.2. The highest BCUT2D eigenvalue weighted by Gasteiger charge is 2.44. The molecule has 1 saturated carbocycles. The number of sulfonamides is 1. The SMILES string of the molecule is CC(C)C[C@@H]1C[C@@H](C)/C=C/[C@H](O)[C@@H]2CC[C@H]2CN2C[C@@]3(CCCc4cc(Cl)ccc43)COc3ccc(cc32)C(=O)NS1(=O)=O. The van der Waals surface area contributed by atoms with E-state index in [1.807, 2.05) is 39.0 Å². The van der Waals surface area contributed by atoms with Crippen LogP contribution in [0.2, 0.25) is 5.02 Å². The Morgan fingerprint density at radius 1 is 1.16 bits per heavy atom. The van der Waals surface area contributed by atoms with Gasteiger partial charge >= 0.3 is 0 Å². The number of allylic oxidation sites excluding steroid dienone is 1. The van der Waals surface area contributed by atoms with Crippen molar-refractivity contribution in [1.29, 1.82) is 0 Å². The van der Waals surface area contributed by atoms with Crippen LogP contribution >= 0.6 is 11.6 Å². The minimum Gasteiger partial charge on any atom is -0.490 e. The Balaban J connectivity index is 1.42. The number of rotatable bonds is 2. The highest BCUT2D eigenvalue weighted by molar-refractivity contribution is 7.90. The molecule has 6 atom stereocenters. The number of hydrogen-bond donors (Lipinski definition) is 2. The number of carbonyl (C=O) groups excluding carboxylic acids is 1. The summed E-state index contributed by atoms with van der Waals surface area (Å²) in [5.74, 6) is 0.535. The van der Waals surface area contributed by atoms with Gasteiger partial charge in [-0.25, -0.2) is 13.1 Å². The van der Waals surface area contributed by atoms with Crippen LogP contribution in [0.5, 0.6) is 5.75 Å². The molecule has 9 heteroatoms. The van der Waals surface area contributed by atoms with Gasteiger partial charge in [0.05, 0.1) is 23.6 Å². The third-order valence-corrected chi connectivity index (χ3v) is 12.3. The van der Waals surface area contributed by atoms with E-state index in [0.29, 0.717) is 43.9 Å². The van der Waals surface area contributed by atoms with Crippen LogP contribution in [0.25, 0.3) is 0 Å². The van der Waals surface area contributed by atoms with Gasteiger partial charge in [-0.3, -0.25) is 4.79 Å². The lowest BCUT2D eigenvalue weighted by molar-refractivity contribution is 0.0454. The first-order valence-corrected chi connectivity index (χ1v) is 18.1. The molecule has 2 aliphatic carbocycles. The Morgan fingerprint density at radius 3 is 2.73 bits per heavy atom. The van der Waals surface area contributed by atoms with E-state index < -0.39 is 27.3 Å². The maximum absolute atomic E-state index is 13.6. The summed E-state index contributed by atoms with van der Waals surface area (Å²) in [4.78, 5) is 15.9. The van der Waals surface area contributed by atoms with Crippen LogP contribution in [0.3, 0.4) is 0 Å². The van der Waals surface area contributed by atoms with Crippen molar-refractivity contribution in [3.05, 3.63) is 70.3 Å². The van der Waals surface area contributed by atoms with Crippen LogP contribution in [0.1, 0.15) is 80.8 Å². The van der Waals surface area contributed by atoms with E-state index in [-0.39, 0.29) is 29.1 Å². The molecule has 1 spiro atoms. The normalized spacial score (nSPS) is 32.5. The Bertz CT molecular complexity index is 1540. The number of aliphatic hydroxyl groups is 1. The average molecular weight is 641 g/mol. The summed E-state index contributed by atoms with van der Waals surface area (Å²) in [6.07, 6.45) is 8.97. The number of ether oxygens (including phenoxy) is 1. The zero-order valence-electron chi connectivity index (χ0n) is 26.0. The van der Waals surface area contributed by atoms with Crippen LogP contribution < -0.4 is 14.4 Å². The second-order valence-electron chi connectivity index (χ2n) is 14.1. The first kappa shape index (κ1) is 31.4. The number of fused-ring (bicyclic) bond motifs is 4. The molecule has 2 aromatic carbocycles. The molecule has 7 nitrogen and oxygen atoms in total. The molecule has 2 aliphatic heterocycles. The largest absolute Gasteiger partial charge is 0.490 e. The van der Waals surface area contributed by atoms with Crippen molar-refractivity contribution < 1.29 is 23.1 Å². The minimum atomic E-state index is -3.95. The molecule has 1 amide bonds. The van der Waals surface area contributed by atoms with Gasteiger partial charge in [-0.1, -0.05) is 50.6 Å². The summed E-state index contributed by atoms with van der Waals surface area (Å²) in [7, 11) is -3.95. The zero-order chi connectivity index (χ0) is 31.2. The number of benzene rings is 2. The molecule has 0 unspecified atom stereocenters. The van der Waals surface area contributed by atoms with Gasteiger partial charge in [0.25, 0.3) is 5.91 Å². The molecular weight excluding hydrogens is 596 g/mol. The van der Waals surface area contributed by atoms with E-state index in [0.717, 1.165) is 42.8 Å². The number of aliphatic hydroxyl groups excluding tert-OH is 1. The van der Waals surface area contributed by atoms with E-state index in [1.165, 1.54) is 11.1 Å². The molecule has 238 valence electrons.